The van der Waals surface area contributed by atoms with Crippen LogP contribution in [0.2, 0.25) is 0 Å². The molecule has 0 aliphatic carbocycles. The molecule has 0 aliphatic rings. The number of hydrogen-bond acceptors (Lipinski definition) is 3. The number of aliphatic hydroxyl groups excluding tert-OH is 1. The lowest BCUT2D eigenvalue weighted by Crippen LogP contribution is -2.09. The summed E-state index contributed by atoms with van der Waals surface area (Å²) in [6.07, 6.45) is 2.49. The molecule has 0 bridgehead atoms. The van der Waals surface area contributed by atoms with E-state index in [0.29, 0.717) is 6.42 Å². The normalized spacial score (nSPS) is 13.2. The van der Waals surface area contributed by atoms with Gasteiger partial charge in [-0.3, -0.25) is 4.79 Å². The van der Waals surface area contributed by atoms with E-state index >= 15 is 0 Å². The van der Waals surface area contributed by atoms with Gasteiger partial charge in [0.25, 0.3) is 0 Å². The third-order valence-electron chi connectivity index (χ3n) is 0.974. The highest BCUT2D eigenvalue weighted by molar-refractivity contribution is 7.78. The quantitative estimate of drug-likeness (QED) is 0.477. The molecule has 0 rings (SSSR count). The molecule has 4 heteroatoms. The number of aliphatic hydroxyl groups is 1. The van der Waals surface area contributed by atoms with Crippen LogP contribution in [0.4, 0.5) is 0 Å². The molecule has 0 heterocycles. The standard InChI is InChI=1S/C7H10O3S/c8-6(5-7(9)10)3-1-2-4-11/h1,3-4,6,8H,2,5H2,(H,9,10)/b3-1+. The number of carboxylic acid groups (broad SMARTS) is 1. The van der Waals surface area contributed by atoms with Gasteiger partial charge in [-0.1, -0.05) is 24.4 Å². The highest BCUT2D eigenvalue weighted by Gasteiger charge is 2.03. The Labute approximate surface area is 70.3 Å². The second-order valence-electron chi connectivity index (χ2n) is 2.00. The SMILES string of the molecule is O=C(O)CC(O)/C=C/CC=S. The van der Waals surface area contributed by atoms with Crippen molar-refractivity contribution < 1.29 is 15.0 Å². The topological polar surface area (TPSA) is 57.5 Å². The minimum Gasteiger partial charge on any atom is -0.481 e. The van der Waals surface area contributed by atoms with Gasteiger partial charge >= 0.3 is 5.97 Å². The van der Waals surface area contributed by atoms with Crippen LogP contribution in [-0.2, 0) is 4.79 Å². The van der Waals surface area contributed by atoms with Gasteiger partial charge in [0, 0.05) is 0 Å². The van der Waals surface area contributed by atoms with Crippen molar-refractivity contribution in [1.82, 2.24) is 0 Å². The van der Waals surface area contributed by atoms with Crippen LogP contribution < -0.4 is 0 Å². The summed E-state index contributed by atoms with van der Waals surface area (Å²) in [5, 5.41) is 18.7. The molecular formula is C7H10O3S. The Morgan fingerprint density at radius 3 is 2.73 bits per heavy atom. The van der Waals surface area contributed by atoms with Gasteiger partial charge in [0.05, 0.1) is 12.5 Å². The first kappa shape index (κ1) is 10.3. The lowest BCUT2D eigenvalue weighted by Gasteiger charge is -1.98. The summed E-state index contributed by atoms with van der Waals surface area (Å²) in [5.41, 5.74) is 0. The molecule has 62 valence electrons. The Kier molecular flexibility index (Phi) is 5.60. The van der Waals surface area contributed by atoms with E-state index in [0.717, 1.165) is 0 Å². The minimum absolute atomic E-state index is 0.256. The molecule has 11 heavy (non-hydrogen) atoms. The van der Waals surface area contributed by atoms with E-state index in [1.165, 1.54) is 11.4 Å². The number of thiocarbonyl (C=S) groups is 1. The van der Waals surface area contributed by atoms with E-state index in [4.69, 9.17) is 10.2 Å². The molecule has 1 unspecified atom stereocenters. The molecule has 0 aliphatic heterocycles. The first-order valence-corrected chi connectivity index (χ1v) is 3.64. The summed E-state index contributed by atoms with van der Waals surface area (Å²) in [6, 6.07) is 0. The van der Waals surface area contributed by atoms with Crippen molar-refractivity contribution in [2.24, 2.45) is 0 Å². The van der Waals surface area contributed by atoms with Gasteiger partial charge in [-0.15, -0.1) is 0 Å². The van der Waals surface area contributed by atoms with Gasteiger partial charge in [-0.25, -0.2) is 0 Å². The number of carboxylic acids is 1. The van der Waals surface area contributed by atoms with E-state index < -0.39 is 12.1 Å². The van der Waals surface area contributed by atoms with Crippen LogP contribution in [0.1, 0.15) is 12.8 Å². The Bertz CT molecular complexity index is 165. The molecule has 0 fully saturated rings. The number of carbonyl (C=O) groups is 1. The van der Waals surface area contributed by atoms with Crippen LogP contribution in [-0.4, -0.2) is 27.7 Å². The molecular weight excluding hydrogens is 164 g/mol. The predicted octanol–water partition coefficient (Wildman–Crippen LogP) is 0.768. The summed E-state index contributed by atoms with van der Waals surface area (Å²) in [4.78, 5) is 10.0. The Hall–Kier alpha value is -0.740. The molecule has 3 nitrogen and oxygen atoms in total. The van der Waals surface area contributed by atoms with Crippen LogP contribution >= 0.6 is 12.2 Å². The average molecular weight is 174 g/mol. The van der Waals surface area contributed by atoms with Crippen LogP contribution in [0.25, 0.3) is 0 Å². The number of rotatable bonds is 5. The molecule has 0 amide bonds. The van der Waals surface area contributed by atoms with Crippen molar-refractivity contribution in [2.45, 2.75) is 18.9 Å². The van der Waals surface area contributed by atoms with Crippen molar-refractivity contribution in [3.63, 3.8) is 0 Å². The highest BCUT2D eigenvalue weighted by atomic mass is 32.1. The Morgan fingerprint density at radius 1 is 1.64 bits per heavy atom. The summed E-state index contributed by atoms with van der Waals surface area (Å²) in [6.45, 7) is 0. The first-order valence-electron chi connectivity index (χ1n) is 3.17. The van der Waals surface area contributed by atoms with Gasteiger partial charge in [0.2, 0.25) is 0 Å². The summed E-state index contributed by atoms with van der Waals surface area (Å²) in [7, 11) is 0. The molecule has 0 aromatic carbocycles. The van der Waals surface area contributed by atoms with Crippen LogP contribution in [0.15, 0.2) is 12.2 Å². The largest absolute Gasteiger partial charge is 0.481 e. The number of aliphatic carboxylic acids is 1. The minimum atomic E-state index is -1.01. The van der Waals surface area contributed by atoms with Crippen molar-refractivity contribution in [3.05, 3.63) is 12.2 Å². The Morgan fingerprint density at radius 2 is 2.27 bits per heavy atom. The molecule has 2 N–H and O–H groups in total. The van der Waals surface area contributed by atoms with Gasteiger partial charge in [-0.2, -0.15) is 0 Å². The summed E-state index contributed by atoms with van der Waals surface area (Å²) >= 11 is 4.52. The van der Waals surface area contributed by atoms with Crippen LogP contribution in [0.5, 0.6) is 0 Å². The van der Waals surface area contributed by atoms with Crippen molar-refractivity contribution in [1.29, 1.82) is 0 Å². The van der Waals surface area contributed by atoms with Gasteiger partial charge in [0.1, 0.15) is 0 Å². The smallest absolute Gasteiger partial charge is 0.306 e. The van der Waals surface area contributed by atoms with Gasteiger partial charge in [-0.05, 0) is 11.8 Å². The second-order valence-corrected chi connectivity index (χ2v) is 2.33. The molecule has 0 aromatic heterocycles. The zero-order chi connectivity index (χ0) is 8.69. The van der Waals surface area contributed by atoms with E-state index in [2.05, 4.69) is 12.2 Å². The third-order valence-corrected chi connectivity index (χ3v) is 1.17. The maximum atomic E-state index is 10.0. The fourth-order valence-electron chi connectivity index (χ4n) is 0.538. The average Bonchev–Trinajstić information content (AvgIpc) is 1.86. The summed E-state index contributed by atoms with van der Waals surface area (Å²) in [5.74, 6) is -1.01. The fraction of sp³-hybridized carbons (Fsp3) is 0.429. The Balaban J connectivity index is 3.58. The molecule has 1 atom stereocenters. The number of hydrogen-bond donors (Lipinski definition) is 2. The van der Waals surface area contributed by atoms with Crippen molar-refractivity contribution in [3.8, 4) is 0 Å². The number of allylic oxidation sites excluding steroid dienone is 1. The zero-order valence-corrected chi connectivity index (χ0v) is 6.75. The van der Waals surface area contributed by atoms with Crippen LogP contribution in [0, 0.1) is 0 Å². The monoisotopic (exact) mass is 174 g/mol. The third kappa shape index (κ3) is 7.15. The van der Waals surface area contributed by atoms with Crippen molar-refractivity contribution in [2.75, 3.05) is 0 Å². The van der Waals surface area contributed by atoms with Crippen LogP contribution in [0.3, 0.4) is 0 Å². The van der Waals surface area contributed by atoms with E-state index in [1.54, 1.807) is 6.08 Å². The molecule has 0 saturated heterocycles. The predicted molar refractivity (Wildman–Crippen MR) is 45.7 cm³/mol. The molecule has 0 spiro atoms. The lowest BCUT2D eigenvalue weighted by atomic mass is 10.2. The first-order chi connectivity index (χ1) is 5.16. The highest BCUT2D eigenvalue weighted by Crippen LogP contribution is 1.94. The maximum absolute atomic E-state index is 10.0. The lowest BCUT2D eigenvalue weighted by molar-refractivity contribution is -0.138. The van der Waals surface area contributed by atoms with E-state index in [9.17, 15) is 4.79 Å². The zero-order valence-electron chi connectivity index (χ0n) is 5.93. The van der Waals surface area contributed by atoms with Gasteiger partial charge in [0.15, 0.2) is 0 Å². The molecule has 0 radical (unpaired) electrons. The molecule has 0 saturated carbocycles. The fourth-order valence-corrected chi connectivity index (χ4v) is 0.649. The summed E-state index contributed by atoms with van der Waals surface area (Å²) < 4.78 is 0. The molecule has 0 aromatic rings. The van der Waals surface area contributed by atoms with Crippen molar-refractivity contribution >= 4 is 23.6 Å². The van der Waals surface area contributed by atoms with E-state index in [1.807, 2.05) is 0 Å². The maximum Gasteiger partial charge on any atom is 0.306 e. The van der Waals surface area contributed by atoms with E-state index in [-0.39, 0.29) is 6.42 Å². The van der Waals surface area contributed by atoms with Gasteiger partial charge < -0.3 is 10.2 Å². The second kappa shape index (κ2) is 6.00.